The van der Waals surface area contributed by atoms with Crippen LogP contribution in [-0.2, 0) is 12.1 Å². The van der Waals surface area contributed by atoms with Crippen molar-refractivity contribution in [2.24, 2.45) is 0 Å². The van der Waals surface area contributed by atoms with Crippen LogP contribution in [0.2, 0.25) is 0 Å². The number of fused-ring (bicyclic) bond motifs is 3. The van der Waals surface area contributed by atoms with Crippen LogP contribution < -0.4 is 9.64 Å². The number of methoxy groups -OCH3 is 1. The average molecular weight is 513 g/mol. The molecule has 0 saturated carbocycles. The Morgan fingerprint density at radius 3 is 2.87 bits per heavy atom. The number of pyridine rings is 4. The maximum absolute atomic E-state index is 9.40. The fourth-order valence-corrected chi connectivity index (χ4v) is 6.77. The van der Waals surface area contributed by atoms with Gasteiger partial charge in [-0.3, -0.25) is 14.9 Å². The van der Waals surface area contributed by atoms with Crippen LogP contribution in [0.5, 0.6) is 5.88 Å². The zero-order chi connectivity index (χ0) is 26.1. The third-order valence-electron chi connectivity index (χ3n) is 8.51. The first kappa shape index (κ1) is 22.2. The minimum absolute atomic E-state index is 0.172. The van der Waals surface area contributed by atoms with Crippen molar-refractivity contribution in [1.82, 2.24) is 29.5 Å². The Morgan fingerprint density at radius 1 is 1.08 bits per heavy atom. The Morgan fingerprint density at radius 2 is 2.03 bits per heavy atom. The zero-order valence-corrected chi connectivity index (χ0v) is 21.3. The molecule has 0 aliphatic carbocycles. The molecule has 190 valence electrons. The molecule has 2 atom stereocenters. The second-order valence-corrected chi connectivity index (χ2v) is 10.5. The van der Waals surface area contributed by atoms with E-state index in [1.165, 1.54) is 11.3 Å². The van der Waals surface area contributed by atoms with Crippen LogP contribution in [0.4, 0.5) is 5.69 Å². The highest BCUT2D eigenvalue weighted by atomic mass is 16.5. The van der Waals surface area contributed by atoms with Crippen LogP contribution in [0.3, 0.4) is 0 Å². The molecule has 9 rings (SSSR count). The molecule has 0 N–H and O–H groups in total. The summed E-state index contributed by atoms with van der Waals surface area (Å²) in [5, 5.41) is 13.8. The van der Waals surface area contributed by atoms with Crippen molar-refractivity contribution in [1.29, 1.82) is 5.26 Å². The molecule has 1 spiro atoms. The Labute approximate surface area is 224 Å². The van der Waals surface area contributed by atoms with Crippen molar-refractivity contribution in [3.63, 3.8) is 0 Å². The lowest BCUT2D eigenvalue weighted by molar-refractivity contribution is -0.105. The summed E-state index contributed by atoms with van der Waals surface area (Å²) in [4.78, 5) is 19.5. The summed E-state index contributed by atoms with van der Waals surface area (Å²) >= 11 is 0. The summed E-state index contributed by atoms with van der Waals surface area (Å²) in [7, 11) is 1.64. The Balaban J connectivity index is 1.25. The average Bonchev–Trinajstić information content (AvgIpc) is 3.41. The smallest absolute Gasteiger partial charge is 0.212 e. The van der Waals surface area contributed by atoms with E-state index >= 15 is 0 Å². The van der Waals surface area contributed by atoms with Gasteiger partial charge in [-0.1, -0.05) is 18.2 Å². The van der Waals surface area contributed by atoms with Crippen molar-refractivity contribution in [3.8, 4) is 34.3 Å². The summed E-state index contributed by atoms with van der Waals surface area (Å²) in [5.74, 6) is 0.626. The molecule has 39 heavy (non-hydrogen) atoms. The highest BCUT2D eigenvalue weighted by molar-refractivity contribution is 5.90. The third-order valence-corrected chi connectivity index (χ3v) is 8.51. The molecule has 0 amide bonds. The quantitative estimate of drug-likeness (QED) is 0.348. The highest BCUT2D eigenvalue weighted by Gasteiger charge is 2.61. The van der Waals surface area contributed by atoms with Gasteiger partial charge in [0.15, 0.2) is 0 Å². The normalized spacial score (nSPS) is 20.9. The molecule has 9 heteroatoms. The predicted octanol–water partition coefficient (Wildman–Crippen LogP) is 4.04. The molecule has 4 aliphatic heterocycles. The third kappa shape index (κ3) is 3.09. The number of piperidine rings is 1. The van der Waals surface area contributed by atoms with E-state index in [4.69, 9.17) is 14.7 Å². The Kier molecular flexibility index (Phi) is 4.61. The molecule has 5 aromatic heterocycles. The number of rotatable bonds is 5. The maximum atomic E-state index is 9.40. The molecular weight excluding hydrogens is 488 g/mol. The van der Waals surface area contributed by atoms with E-state index < -0.39 is 0 Å². The minimum Gasteiger partial charge on any atom is -0.481 e. The summed E-state index contributed by atoms with van der Waals surface area (Å²) in [6.45, 7) is 2.71. The summed E-state index contributed by atoms with van der Waals surface area (Å²) in [6.07, 6.45) is 10.4. The molecule has 3 fully saturated rings. The van der Waals surface area contributed by atoms with Crippen molar-refractivity contribution in [2.75, 3.05) is 25.1 Å². The van der Waals surface area contributed by atoms with Gasteiger partial charge in [0, 0.05) is 78.9 Å². The first-order chi connectivity index (χ1) is 19.2. The van der Waals surface area contributed by atoms with Gasteiger partial charge in [0.25, 0.3) is 0 Å². The molecule has 9 nitrogen and oxygen atoms in total. The van der Waals surface area contributed by atoms with Crippen LogP contribution in [0.15, 0.2) is 73.4 Å². The van der Waals surface area contributed by atoms with Crippen molar-refractivity contribution >= 4 is 11.2 Å². The van der Waals surface area contributed by atoms with E-state index in [1.807, 2.05) is 49.1 Å². The van der Waals surface area contributed by atoms with Gasteiger partial charge < -0.3 is 9.64 Å². The van der Waals surface area contributed by atoms with E-state index in [9.17, 15) is 5.26 Å². The van der Waals surface area contributed by atoms with Gasteiger partial charge in [-0.15, -0.1) is 0 Å². The van der Waals surface area contributed by atoms with Gasteiger partial charge in [-0.25, -0.2) is 9.50 Å². The molecule has 2 unspecified atom stereocenters. The zero-order valence-electron chi connectivity index (χ0n) is 21.3. The highest BCUT2D eigenvalue weighted by Crippen LogP contribution is 2.58. The van der Waals surface area contributed by atoms with Crippen molar-refractivity contribution in [3.05, 3.63) is 90.3 Å². The number of ether oxygens (including phenoxy) is 1. The lowest BCUT2D eigenvalue weighted by Crippen LogP contribution is -2.76. The lowest BCUT2D eigenvalue weighted by atomic mass is 9.67. The largest absolute Gasteiger partial charge is 0.481 e. The molecule has 9 heterocycles. The second-order valence-electron chi connectivity index (χ2n) is 10.5. The van der Waals surface area contributed by atoms with E-state index in [1.54, 1.807) is 17.8 Å². The molecular formula is C30H24N8O. The van der Waals surface area contributed by atoms with Crippen LogP contribution >= 0.6 is 0 Å². The monoisotopic (exact) mass is 512 g/mol. The summed E-state index contributed by atoms with van der Waals surface area (Å²) < 4.78 is 7.02. The first-order valence-corrected chi connectivity index (χ1v) is 13.0. The Hall–Kier alpha value is -4.81. The van der Waals surface area contributed by atoms with Crippen molar-refractivity contribution in [2.45, 2.75) is 24.5 Å². The summed E-state index contributed by atoms with van der Waals surface area (Å²) in [6, 6.07) is 16.9. The van der Waals surface area contributed by atoms with Crippen LogP contribution in [0, 0.1) is 11.3 Å². The number of hydrogen-bond donors (Lipinski definition) is 0. The number of piperazine rings is 1. The van der Waals surface area contributed by atoms with Gasteiger partial charge in [0.2, 0.25) is 5.88 Å². The van der Waals surface area contributed by atoms with E-state index in [2.05, 4.69) is 44.2 Å². The SMILES string of the molecule is COc1ccc(CN2C3CN4CC2(C3)c2nccc4c2-c2ncccc2-c2ccc3c(C#N)cnn3c2)cn1. The summed E-state index contributed by atoms with van der Waals surface area (Å²) in [5.41, 5.74) is 8.67. The fraction of sp³-hybridized carbons (Fsp3) is 0.233. The van der Waals surface area contributed by atoms with Gasteiger partial charge >= 0.3 is 0 Å². The second kappa shape index (κ2) is 8.09. The van der Waals surface area contributed by atoms with Crippen LogP contribution in [-0.4, -0.2) is 55.7 Å². The molecule has 4 aliphatic rings. The number of nitriles is 1. The molecule has 5 bridgehead atoms. The van der Waals surface area contributed by atoms with Gasteiger partial charge in [0.1, 0.15) is 6.07 Å². The minimum atomic E-state index is -0.172. The number of nitrogens with zero attached hydrogens (tertiary/aromatic N) is 8. The molecule has 0 aromatic carbocycles. The van der Waals surface area contributed by atoms with E-state index in [-0.39, 0.29) is 5.54 Å². The van der Waals surface area contributed by atoms with E-state index in [0.29, 0.717) is 17.5 Å². The molecule has 3 saturated heterocycles. The lowest BCUT2D eigenvalue weighted by Gasteiger charge is -2.67. The van der Waals surface area contributed by atoms with Gasteiger partial charge in [-0.2, -0.15) is 10.4 Å². The number of aromatic nitrogens is 5. The number of hydrogen-bond acceptors (Lipinski definition) is 8. The Bertz CT molecular complexity index is 1800. The van der Waals surface area contributed by atoms with Crippen molar-refractivity contribution < 1.29 is 4.74 Å². The molecule has 5 aromatic rings. The molecule has 0 radical (unpaired) electrons. The number of anilines is 1. The first-order valence-electron chi connectivity index (χ1n) is 13.0. The van der Waals surface area contributed by atoms with E-state index in [0.717, 1.165) is 59.7 Å². The predicted molar refractivity (Wildman–Crippen MR) is 145 cm³/mol. The van der Waals surface area contributed by atoms with Crippen LogP contribution in [0.1, 0.15) is 23.2 Å². The topological polar surface area (TPSA) is 95.5 Å². The van der Waals surface area contributed by atoms with Gasteiger partial charge in [-0.05, 0) is 30.2 Å². The van der Waals surface area contributed by atoms with Gasteiger partial charge in [0.05, 0.1) is 41.3 Å². The fourth-order valence-electron chi connectivity index (χ4n) is 6.77. The standard InChI is InChI=1S/C30H24N8O/c1-39-26-7-4-19(13-34-26)15-37-22-11-30(37)18-36(17-22)25-8-10-33-29(30)27(25)28-23(3-2-9-32-28)20-5-6-24-21(12-31)14-35-38(24)16-20/h2-10,13-14,16,22H,11,15,17-18H2,1H3. The van der Waals surface area contributed by atoms with Crippen LogP contribution in [0.25, 0.3) is 27.9 Å². The maximum Gasteiger partial charge on any atom is 0.212 e.